The van der Waals surface area contributed by atoms with Crippen LogP contribution in [0.1, 0.15) is 11.1 Å². The molecule has 0 aliphatic carbocycles. The van der Waals surface area contributed by atoms with Crippen LogP contribution in [0.5, 0.6) is 0 Å². The van der Waals surface area contributed by atoms with Gasteiger partial charge in [-0.05, 0) is 96.1 Å². The molecule has 0 bridgehead atoms. The highest BCUT2D eigenvalue weighted by molar-refractivity contribution is 8.08. The van der Waals surface area contributed by atoms with Gasteiger partial charge in [0.2, 0.25) is 13.9 Å². The van der Waals surface area contributed by atoms with Gasteiger partial charge in [-0.1, -0.05) is 24.3 Å². The summed E-state index contributed by atoms with van der Waals surface area (Å²) in [6.45, 7) is -4.45. The van der Waals surface area contributed by atoms with E-state index < -0.39 is 192 Å². The molecule has 0 aliphatic heterocycles. The molecule has 0 unspecified atom stereocenters. The van der Waals surface area contributed by atoms with E-state index in [1.165, 1.54) is 0 Å². The van der Waals surface area contributed by atoms with Crippen LogP contribution < -0.4 is 22.9 Å². The summed E-state index contributed by atoms with van der Waals surface area (Å²) in [5.74, 6) is -0.871. The minimum Gasteiger partial charge on any atom is -0.396 e. The molecular formula is C43H42N12O25S8. The van der Waals surface area contributed by atoms with Gasteiger partial charge in [-0.15, -0.1) is 20.5 Å². The minimum absolute atomic E-state index is 0.106. The molecule has 0 spiro atoms. The molecule has 0 amide bonds. The van der Waals surface area contributed by atoms with Crippen molar-refractivity contribution in [3.63, 3.8) is 0 Å². The van der Waals surface area contributed by atoms with Gasteiger partial charge in [-0.25, -0.2) is 21.0 Å². The Morgan fingerprint density at radius 2 is 0.750 bits per heavy atom. The van der Waals surface area contributed by atoms with Gasteiger partial charge in [-0.2, -0.15) is 71.0 Å². The third-order valence-electron chi connectivity index (χ3n) is 11.6. The highest BCUT2D eigenvalue weighted by Gasteiger charge is 2.55. The number of azo groups is 4. The lowest BCUT2D eigenvalue weighted by Gasteiger charge is -2.25. The van der Waals surface area contributed by atoms with Crippen molar-refractivity contribution in [3.05, 3.63) is 108 Å². The summed E-state index contributed by atoms with van der Waals surface area (Å²) in [4.78, 5) is -5.15. The zero-order chi connectivity index (χ0) is 66.0. The number of sulfone groups is 2. The Morgan fingerprint density at radius 3 is 1.08 bits per heavy atom. The summed E-state index contributed by atoms with van der Waals surface area (Å²) < 4.78 is 256. The standard InChI is InChI=1S/C43H42N12O25S8/c44-37-31(19-35(85(68,69)70)39(46)41(37)54-48-25-7-11-29(12-8-25)81(58,59)16-15-80-88(77,78)79)52-50-27-5-3-23(33(17-27)83(62,63)64)1-2-24-4-6-28(18-34(24)84(65,66)67)51-53-32-20-36(86(71,72)73)40(47)42(38(32)45)55-49-26-9-13-30(14-10-26)82(60,61)43(21-56,22-57)87(74,75)76/h1-14,17-20,56-57H,15-16,21-22,44-47H2,(H,62,63,64)(H,65,66,67)(H,68,69,70)(H,71,72,73)(H,74,75,76)(H,77,78,79)/b2-1+,52-50?,53-51?,54-48?,55-49?. The zero-order valence-corrected chi connectivity index (χ0v) is 49.9. The Hall–Kier alpha value is -8.10. The van der Waals surface area contributed by atoms with Crippen molar-refractivity contribution in [2.45, 2.75) is 33.5 Å². The number of benzene rings is 6. The molecular weight excluding hydrogens is 1340 g/mol. The number of nitrogens with two attached hydrogens (primary N) is 4. The first-order valence-electron chi connectivity index (χ1n) is 22.9. The van der Waals surface area contributed by atoms with Gasteiger partial charge in [0, 0.05) is 0 Å². The maximum absolute atomic E-state index is 13.1. The fourth-order valence-electron chi connectivity index (χ4n) is 7.16. The van der Waals surface area contributed by atoms with Crippen LogP contribution in [-0.2, 0) is 84.8 Å². The largest absolute Gasteiger partial charge is 0.397 e. The maximum atomic E-state index is 13.1. The van der Waals surface area contributed by atoms with Crippen LogP contribution in [0.4, 0.5) is 68.2 Å². The molecule has 45 heteroatoms. The average Bonchev–Trinajstić information content (AvgIpc) is 1.29. The van der Waals surface area contributed by atoms with Crippen molar-refractivity contribution in [1.82, 2.24) is 0 Å². The summed E-state index contributed by atoms with van der Waals surface area (Å²) in [5, 5.41) is 49.6. The van der Waals surface area contributed by atoms with E-state index in [1.54, 1.807) is 0 Å². The van der Waals surface area contributed by atoms with Crippen LogP contribution in [0, 0.1) is 0 Å². The first-order chi connectivity index (χ1) is 40.5. The SMILES string of the molecule is Nc1c(N=Nc2ccc(/C=C/c3ccc(N=Nc4cc(S(=O)(=O)O)c(N)c(N=Nc5ccc(S(=O)(=O)C(CO)(CO)S(=O)(=O)O)cc5)c4N)cc3S(=O)(=O)O)c(S(=O)(=O)O)c2)cc(S(=O)(=O)O)c(N)c1N=Nc1ccc(S(=O)(=O)CCOS(=O)(=O)O)cc1. The highest BCUT2D eigenvalue weighted by atomic mass is 32.3. The predicted octanol–water partition coefficient (Wildman–Crippen LogP) is 4.77. The van der Waals surface area contributed by atoms with Crippen LogP contribution in [0.3, 0.4) is 0 Å². The molecule has 6 aromatic rings. The second-order valence-corrected chi connectivity index (χ2v) is 30.4. The number of hydrogen-bond acceptors (Lipinski definition) is 31. The Labute approximate surface area is 498 Å². The third kappa shape index (κ3) is 15.8. The molecule has 0 radical (unpaired) electrons. The molecule has 0 aliphatic rings. The van der Waals surface area contributed by atoms with Crippen molar-refractivity contribution < 1.29 is 109 Å². The molecule has 88 heavy (non-hydrogen) atoms. The second kappa shape index (κ2) is 25.5. The lowest BCUT2D eigenvalue weighted by molar-refractivity contribution is 0.197. The smallest absolute Gasteiger partial charge is 0.396 e. The van der Waals surface area contributed by atoms with Crippen LogP contribution in [0.15, 0.2) is 167 Å². The van der Waals surface area contributed by atoms with Gasteiger partial charge >= 0.3 is 10.4 Å². The molecule has 0 fully saturated rings. The molecule has 6 rings (SSSR count). The molecule has 37 nitrogen and oxygen atoms in total. The van der Waals surface area contributed by atoms with Crippen molar-refractivity contribution in [1.29, 1.82) is 0 Å². The van der Waals surface area contributed by atoms with E-state index in [4.69, 9.17) is 27.5 Å². The number of aliphatic hydroxyl groups excluding tert-OH is 2. The minimum atomic E-state index is -5.65. The van der Waals surface area contributed by atoms with Crippen molar-refractivity contribution in [2.24, 2.45) is 40.9 Å². The molecule has 0 aromatic heterocycles. The fourth-order valence-corrected chi connectivity index (χ4v) is 14.3. The number of rotatable bonds is 24. The Kier molecular flexibility index (Phi) is 20.0. The molecule has 0 saturated carbocycles. The van der Waals surface area contributed by atoms with Crippen LogP contribution >= 0.6 is 0 Å². The summed E-state index contributed by atoms with van der Waals surface area (Å²) >= 11 is 0. The van der Waals surface area contributed by atoms with Gasteiger partial charge in [-0.3, -0.25) is 27.3 Å². The molecule has 0 heterocycles. The van der Waals surface area contributed by atoms with Crippen molar-refractivity contribution in [3.8, 4) is 0 Å². The van der Waals surface area contributed by atoms with Crippen LogP contribution in [0.2, 0.25) is 0 Å². The van der Waals surface area contributed by atoms with Crippen molar-refractivity contribution >= 4 is 161 Å². The van der Waals surface area contributed by atoms with Crippen molar-refractivity contribution in [2.75, 3.05) is 48.5 Å². The average molecular weight is 1380 g/mol. The quantitative estimate of drug-likeness (QED) is 0.0168. The van der Waals surface area contributed by atoms with Gasteiger partial charge < -0.3 is 33.1 Å². The summed E-state index contributed by atoms with van der Waals surface area (Å²) in [5.41, 5.74) is 17.0. The Bertz CT molecular complexity index is 4910. The fraction of sp³-hybridized carbons (Fsp3) is 0.116. The summed E-state index contributed by atoms with van der Waals surface area (Å²) in [6, 6.07) is 14.3. The van der Waals surface area contributed by atoms with Gasteiger partial charge in [0.1, 0.15) is 42.3 Å². The molecule has 6 aromatic carbocycles. The lowest BCUT2D eigenvalue weighted by atomic mass is 10.1. The molecule has 0 atom stereocenters. The number of nitrogens with zero attached hydrogens (tertiary/aromatic N) is 8. The van der Waals surface area contributed by atoms with Gasteiger partial charge in [0.15, 0.2) is 9.84 Å². The molecule has 0 saturated heterocycles. The van der Waals surface area contributed by atoms with E-state index in [2.05, 4.69) is 45.1 Å². The highest BCUT2D eigenvalue weighted by Crippen LogP contribution is 2.45. The van der Waals surface area contributed by atoms with E-state index in [-0.39, 0.29) is 27.4 Å². The number of hydrogen-bond donors (Lipinski definition) is 12. The van der Waals surface area contributed by atoms with Gasteiger partial charge in [0.05, 0.1) is 80.9 Å². The number of aliphatic hydroxyl groups is 2. The van der Waals surface area contributed by atoms with Crippen LogP contribution in [-0.4, -0.2) is 135 Å². The van der Waals surface area contributed by atoms with E-state index in [9.17, 15) is 100 Å². The van der Waals surface area contributed by atoms with E-state index in [0.29, 0.717) is 18.2 Å². The first-order valence-corrected chi connectivity index (χ1v) is 34.6. The number of nitrogen functional groups attached to an aromatic ring is 4. The topological polar surface area (TPSA) is 647 Å². The predicted molar refractivity (Wildman–Crippen MR) is 306 cm³/mol. The Balaban J connectivity index is 1.30. The third-order valence-corrected chi connectivity index (χ3v) is 22.0. The zero-order valence-electron chi connectivity index (χ0n) is 43.4. The maximum Gasteiger partial charge on any atom is 0.397 e. The van der Waals surface area contributed by atoms with Gasteiger partial charge in [0.25, 0.3) is 50.6 Å². The number of anilines is 4. The van der Waals surface area contributed by atoms with Crippen LogP contribution in [0.25, 0.3) is 12.2 Å². The molecule has 16 N–H and O–H groups in total. The monoisotopic (exact) mass is 1380 g/mol. The summed E-state index contributed by atoms with van der Waals surface area (Å²) in [6.07, 6.45) is 1.89. The molecule has 472 valence electrons. The van der Waals surface area contributed by atoms with E-state index in [0.717, 1.165) is 91.0 Å². The second-order valence-electron chi connectivity index (χ2n) is 17.4. The van der Waals surface area contributed by atoms with E-state index in [1.807, 2.05) is 0 Å². The lowest BCUT2D eigenvalue weighted by Crippen LogP contribution is -2.52. The first kappa shape index (κ1) is 69.0. The van der Waals surface area contributed by atoms with E-state index >= 15 is 0 Å². The Morgan fingerprint density at radius 1 is 0.409 bits per heavy atom. The normalized spacial score (nSPS) is 13.7. The summed E-state index contributed by atoms with van der Waals surface area (Å²) in [7, 11) is -40.9.